The second-order valence-corrected chi connectivity index (χ2v) is 2.57. The van der Waals surface area contributed by atoms with Crippen LogP contribution in [0, 0.1) is 0 Å². The third-order valence-corrected chi connectivity index (χ3v) is 1.74. The standard InChI is InChI=1S/C7H16N2O/c1-3-10-7-6(2)8-4-5-9-7/h6-9H,3-5H2,1-2H3. The van der Waals surface area contributed by atoms with Crippen molar-refractivity contribution in [1.82, 2.24) is 10.6 Å². The zero-order valence-corrected chi connectivity index (χ0v) is 6.68. The molecule has 0 spiro atoms. The molecular formula is C7H16N2O. The van der Waals surface area contributed by atoms with Crippen molar-refractivity contribution in [2.45, 2.75) is 26.1 Å². The van der Waals surface area contributed by atoms with Crippen LogP contribution in [0.1, 0.15) is 13.8 Å². The quantitative estimate of drug-likeness (QED) is 0.569. The fourth-order valence-corrected chi connectivity index (χ4v) is 1.18. The van der Waals surface area contributed by atoms with Gasteiger partial charge in [-0.15, -0.1) is 0 Å². The molecule has 2 unspecified atom stereocenters. The van der Waals surface area contributed by atoms with Crippen molar-refractivity contribution in [3.63, 3.8) is 0 Å². The Morgan fingerprint density at radius 3 is 2.70 bits per heavy atom. The van der Waals surface area contributed by atoms with Gasteiger partial charge in [0.1, 0.15) is 6.23 Å². The molecule has 0 amide bonds. The molecule has 1 rings (SSSR count). The van der Waals surface area contributed by atoms with E-state index in [0.717, 1.165) is 19.7 Å². The summed E-state index contributed by atoms with van der Waals surface area (Å²) < 4.78 is 5.42. The zero-order valence-electron chi connectivity index (χ0n) is 6.68. The number of ether oxygens (including phenoxy) is 1. The van der Waals surface area contributed by atoms with Crippen LogP contribution in [-0.2, 0) is 4.74 Å². The highest BCUT2D eigenvalue weighted by molar-refractivity contribution is 4.76. The summed E-state index contributed by atoms with van der Waals surface area (Å²) in [5, 5.41) is 6.61. The Morgan fingerprint density at radius 2 is 2.10 bits per heavy atom. The SMILES string of the molecule is CCOC1NCCNC1C. The van der Waals surface area contributed by atoms with E-state index in [9.17, 15) is 0 Å². The molecule has 3 heteroatoms. The Labute approximate surface area is 62.1 Å². The van der Waals surface area contributed by atoms with Crippen LogP contribution in [0.2, 0.25) is 0 Å². The Kier molecular flexibility index (Phi) is 3.12. The summed E-state index contributed by atoms with van der Waals surface area (Å²) in [6, 6.07) is 0.439. The number of rotatable bonds is 2. The first kappa shape index (κ1) is 7.98. The van der Waals surface area contributed by atoms with Crippen molar-refractivity contribution < 1.29 is 4.74 Å². The van der Waals surface area contributed by atoms with Crippen LogP contribution >= 0.6 is 0 Å². The van der Waals surface area contributed by atoms with Gasteiger partial charge in [0.05, 0.1) is 0 Å². The van der Waals surface area contributed by atoms with Gasteiger partial charge in [0, 0.05) is 25.7 Å². The van der Waals surface area contributed by atoms with E-state index in [1.165, 1.54) is 0 Å². The maximum Gasteiger partial charge on any atom is 0.123 e. The van der Waals surface area contributed by atoms with Crippen molar-refractivity contribution in [3.05, 3.63) is 0 Å². The minimum Gasteiger partial charge on any atom is -0.362 e. The predicted molar refractivity (Wildman–Crippen MR) is 40.9 cm³/mol. The van der Waals surface area contributed by atoms with E-state index < -0.39 is 0 Å². The Hall–Kier alpha value is -0.120. The number of piperazine rings is 1. The molecule has 0 aromatic heterocycles. The minimum atomic E-state index is 0.207. The molecule has 2 atom stereocenters. The Morgan fingerprint density at radius 1 is 1.40 bits per heavy atom. The first-order chi connectivity index (χ1) is 4.84. The molecule has 1 heterocycles. The van der Waals surface area contributed by atoms with Crippen molar-refractivity contribution >= 4 is 0 Å². The van der Waals surface area contributed by atoms with Crippen molar-refractivity contribution in [1.29, 1.82) is 0 Å². The molecule has 0 bridgehead atoms. The van der Waals surface area contributed by atoms with Crippen molar-refractivity contribution in [3.8, 4) is 0 Å². The molecule has 10 heavy (non-hydrogen) atoms. The first-order valence-electron chi connectivity index (χ1n) is 3.93. The molecule has 0 aromatic carbocycles. The van der Waals surface area contributed by atoms with Gasteiger partial charge in [-0.05, 0) is 13.8 Å². The van der Waals surface area contributed by atoms with Crippen LogP contribution in [0.25, 0.3) is 0 Å². The molecular weight excluding hydrogens is 128 g/mol. The molecule has 1 fully saturated rings. The lowest BCUT2D eigenvalue weighted by molar-refractivity contribution is 0.00398. The molecule has 1 aliphatic rings. The van der Waals surface area contributed by atoms with Crippen LogP contribution in [0.5, 0.6) is 0 Å². The highest BCUT2D eigenvalue weighted by atomic mass is 16.5. The second kappa shape index (κ2) is 3.91. The van der Waals surface area contributed by atoms with E-state index in [-0.39, 0.29) is 6.23 Å². The summed E-state index contributed by atoms with van der Waals surface area (Å²) in [7, 11) is 0. The van der Waals surface area contributed by atoms with Crippen LogP contribution in [-0.4, -0.2) is 32.0 Å². The normalized spacial score (nSPS) is 34.2. The lowest BCUT2D eigenvalue weighted by Crippen LogP contribution is -2.55. The number of hydrogen-bond donors (Lipinski definition) is 2. The van der Waals surface area contributed by atoms with Crippen LogP contribution in [0.15, 0.2) is 0 Å². The van der Waals surface area contributed by atoms with E-state index in [1.807, 2.05) is 6.92 Å². The van der Waals surface area contributed by atoms with Gasteiger partial charge in [0.25, 0.3) is 0 Å². The summed E-state index contributed by atoms with van der Waals surface area (Å²) in [4.78, 5) is 0. The molecule has 1 saturated heterocycles. The van der Waals surface area contributed by atoms with Gasteiger partial charge in [-0.2, -0.15) is 0 Å². The van der Waals surface area contributed by atoms with Gasteiger partial charge in [0.15, 0.2) is 0 Å². The zero-order chi connectivity index (χ0) is 7.40. The molecule has 0 aromatic rings. The van der Waals surface area contributed by atoms with Gasteiger partial charge in [-0.3, -0.25) is 5.32 Å². The first-order valence-corrected chi connectivity index (χ1v) is 3.93. The van der Waals surface area contributed by atoms with Gasteiger partial charge >= 0.3 is 0 Å². The van der Waals surface area contributed by atoms with E-state index >= 15 is 0 Å². The summed E-state index contributed by atoms with van der Waals surface area (Å²) >= 11 is 0. The van der Waals surface area contributed by atoms with Crippen molar-refractivity contribution in [2.24, 2.45) is 0 Å². The van der Waals surface area contributed by atoms with E-state index in [0.29, 0.717) is 6.04 Å². The summed E-state index contributed by atoms with van der Waals surface area (Å²) in [5.41, 5.74) is 0. The van der Waals surface area contributed by atoms with Crippen LogP contribution in [0.3, 0.4) is 0 Å². The van der Waals surface area contributed by atoms with E-state index in [4.69, 9.17) is 4.74 Å². The second-order valence-electron chi connectivity index (χ2n) is 2.57. The number of nitrogens with one attached hydrogen (secondary N) is 2. The Balaban J connectivity index is 2.25. The molecule has 0 radical (unpaired) electrons. The largest absolute Gasteiger partial charge is 0.362 e. The average molecular weight is 144 g/mol. The lowest BCUT2D eigenvalue weighted by Gasteiger charge is -2.30. The highest BCUT2D eigenvalue weighted by Crippen LogP contribution is 1.98. The van der Waals surface area contributed by atoms with E-state index in [2.05, 4.69) is 17.6 Å². The Bertz CT molecular complexity index is 95.6. The van der Waals surface area contributed by atoms with Crippen molar-refractivity contribution in [2.75, 3.05) is 19.7 Å². The molecule has 60 valence electrons. The van der Waals surface area contributed by atoms with Crippen LogP contribution < -0.4 is 10.6 Å². The molecule has 0 aliphatic carbocycles. The maximum atomic E-state index is 5.42. The predicted octanol–water partition coefficient (Wildman–Crippen LogP) is -0.0697. The molecule has 2 N–H and O–H groups in total. The van der Waals surface area contributed by atoms with Crippen LogP contribution in [0.4, 0.5) is 0 Å². The smallest absolute Gasteiger partial charge is 0.123 e. The summed E-state index contributed by atoms with van der Waals surface area (Å²) in [5.74, 6) is 0. The fraction of sp³-hybridized carbons (Fsp3) is 1.00. The fourth-order valence-electron chi connectivity index (χ4n) is 1.18. The van der Waals surface area contributed by atoms with E-state index in [1.54, 1.807) is 0 Å². The average Bonchev–Trinajstić information content (AvgIpc) is 1.94. The molecule has 0 saturated carbocycles. The minimum absolute atomic E-state index is 0.207. The topological polar surface area (TPSA) is 33.3 Å². The number of hydrogen-bond acceptors (Lipinski definition) is 3. The summed E-state index contributed by atoms with van der Waals surface area (Å²) in [6.45, 7) is 6.99. The third kappa shape index (κ3) is 1.94. The van der Waals surface area contributed by atoms with Gasteiger partial charge in [-0.25, -0.2) is 0 Å². The monoisotopic (exact) mass is 144 g/mol. The third-order valence-electron chi connectivity index (χ3n) is 1.74. The highest BCUT2D eigenvalue weighted by Gasteiger charge is 2.19. The molecule has 1 aliphatic heterocycles. The maximum absolute atomic E-state index is 5.42. The summed E-state index contributed by atoms with van der Waals surface area (Å²) in [6.07, 6.45) is 0.207. The van der Waals surface area contributed by atoms with Gasteiger partial charge < -0.3 is 10.1 Å². The van der Waals surface area contributed by atoms with Gasteiger partial charge in [0.2, 0.25) is 0 Å². The molecule has 3 nitrogen and oxygen atoms in total. The lowest BCUT2D eigenvalue weighted by atomic mass is 10.2. The van der Waals surface area contributed by atoms with Gasteiger partial charge in [-0.1, -0.05) is 0 Å².